The third-order valence-electron chi connectivity index (χ3n) is 4.35. The lowest BCUT2D eigenvalue weighted by Crippen LogP contribution is -2.23. The van der Waals surface area contributed by atoms with E-state index in [1.807, 2.05) is 48.5 Å². The van der Waals surface area contributed by atoms with Crippen LogP contribution in [0.15, 0.2) is 54.6 Å². The van der Waals surface area contributed by atoms with Crippen molar-refractivity contribution in [2.45, 2.75) is 19.8 Å². The maximum absolute atomic E-state index is 11.0. The van der Waals surface area contributed by atoms with E-state index < -0.39 is 6.09 Å². The molecule has 0 aliphatic rings. The molecule has 3 aromatic rings. The molecule has 0 saturated carbocycles. The fraction of sp³-hybridized carbons (Fsp3) is 0.227. The SMILES string of the molecule is CC(=O)NCCc1ccc2nc(Oc3ccc(CCNC(=O)O)cc3)ccc2c1. The topological polar surface area (TPSA) is 101 Å². The molecule has 0 saturated heterocycles. The zero-order valence-electron chi connectivity index (χ0n) is 16.1. The van der Waals surface area contributed by atoms with Crippen molar-refractivity contribution in [1.29, 1.82) is 0 Å². The Hall–Kier alpha value is -3.61. The Balaban J connectivity index is 1.61. The lowest BCUT2D eigenvalue weighted by atomic mass is 10.1. The number of fused-ring (bicyclic) bond motifs is 1. The molecule has 0 spiro atoms. The van der Waals surface area contributed by atoms with E-state index in [2.05, 4.69) is 21.7 Å². The average Bonchev–Trinajstić information content (AvgIpc) is 2.69. The molecule has 1 aromatic heterocycles. The Morgan fingerprint density at radius 2 is 1.62 bits per heavy atom. The van der Waals surface area contributed by atoms with Crippen molar-refractivity contribution in [3.8, 4) is 11.6 Å². The van der Waals surface area contributed by atoms with E-state index in [9.17, 15) is 9.59 Å². The maximum Gasteiger partial charge on any atom is 0.404 e. The Bertz CT molecular complexity index is 1000. The zero-order valence-corrected chi connectivity index (χ0v) is 16.1. The van der Waals surface area contributed by atoms with Crippen LogP contribution in [0.2, 0.25) is 0 Å². The molecule has 2 amide bonds. The summed E-state index contributed by atoms with van der Waals surface area (Å²) in [5, 5.41) is 14.7. The quantitative estimate of drug-likeness (QED) is 0.544. The number of ether oxygens (including phenoxy) is 1. The molecular formula is C22H23N3O4. The van der Waals surface area contributed by atoms with E-state index in [-0.39, 0.29) is 5.91 Å². The van der Waals surface area contributed by atoms with Crippen LogP contribution in [0.4, 0.5) is 4.79 Å². The van der Waals surface area contributed by atoms with Gasteiger partial charge in [-0.2, -0.15) is 0 Å². The van der Waals surface area contributed by atoms with Gasteiger partial charge in [0.15, 0.2) is 0 Å². The van der Waals surface area contributed by atoms with Gasteiger partial charge in [-0.25, -0.2) is 9.78 Å². The third kappa shape index (κ3) is 6.21. The molecule has 3 rings (SSSR count). The summed E-state index contributed by atoms with van der Waals surface area (Å²) in [6.45, 7) is 2.49. The van der Waals surface area contributed by atoms with Gasteiger partial charge in [0.2, 0.25) is 11.8 Å². The van der Waals surface area contributed by atoms with Crippen LogP contribution < -0.4 is 15.4 Å². The van der Waals surface area contributed by atoms with Crippen molar-refractivity contribution in [2.75, 3.05) is 13.1 Å². The van der Waals surface area contributed by atoms with E-state index in [1.54, 1.807) is 0 Å². The largest absolute Gasteiger partial charge is 0.465 e. The summed E-state index contributed by atoms with van der Waals surface area (Å²) in [6.07, 6.45) is 0.361. The van der Waals surface area contributed by atoms with Gasteiger partial charge in [0.05, 0.1) is 5.52 Å². The second-order valence-electron chi connectivity index (χ2n) is 6.64. The van der Waals surface area contributed by atoms with Crippen LogP contribution in [-0.4, -0.2) is 35.2 Å². The minimum Gasteiger partial charge on any atom is -0.465 e. The van der Waals surface area contributed by atoms with Crippen LogP contribution in [0, 0.1) is 0 Å². The number of carbonyl (C=O) groups excluding carboxylic acids is 1. The number of amides is 2. The number of hydrogen-bond donors (Lipinski definition) is 3. The standard InChI is InChI=1S/C22H23N3O4/c1-15(26)23-12-11-17-4-8-20-18(14-17)5-9-21(25-20)29-19-6-2-16(3-7-19)10-13-24-22(27)28/h2-9,14,24H,10-13H2,1H3,(H,23,26)(H,27,28). The van der Waals surface area contributed by atoms with E-state index in [0.29, 0.717) is 31.1 Å². The number of aromatic nitrogens is 1. The Labute approximate surface area is 168 Å². The van der Waals surface area contributed by atoms with Crippen LogP contribution in [0.1, 0.15) is 18.1 Å². The third-order valence-corrected chi connectivity index (χ3v) is 4.35. The first-order valence-corrected chi connectivity index (χ1v) is 9.37. The van der Waals surface area contributed by atoms with Gasteiger partial charge in [-0.15, -0.1) is 0 Å². The maximum atomic E-state index is 11.0. The monoisotopic (exact) mass is 393 g/mol. The Kier molecular flexibility index (Phi) is 6.63. The van der Waals surface area contributed by atoms with Gasteiger partial charge in [-0.05, 0) is 54.3 Å². The van der Waals surface area contributed by atoms with E-state index >= 15 is 0 Å². The molecule has 0 unspecified atom stereocenters. The molecule has 0 atom stereocenters. The Morgan fingerprint density at radius 1 is 0.931 bits per heavy atom. The van der Waals surface area contributed by atoms with Crippen molar-refractivity contribution >= 4 is 22.9 Å². The van der Waals surface area contributed by atoms with Crippen LogP contribution in [0.25, 0.3) is 10.9 Å². The van der Waals surface area contributed by atoms with Gasteiger partial charge in [-0.1, -0.05) is 18.2 Å². The molecule has 29 heavy (non-hydrogen) atoms. The van der Waals surface area contributed by atoms with Crippen LogP contribution in [0.3, 0.4) is 0 Å². The smallest absolute Gasteiger partial charge is 0.404 e. The predicted molar refractivity (Wildman–Crippen MR) is 110 cm³/mol. The fourth-order valence-electron chi connectivity index (χ4n) is 2.91. The summed E-state index contributed by atoms with van der Waals surface area (Å²) in [4.78, 5) is 26.0. The molecule has 7 heteroatoms. The molecule has 0 fully saturated rings. The summed E-state index contributed by atoms with van der Waals surface area (Å²) in [5.41, 5.74) is 2.99. The average molecular weight is 393 g/mol. The van der Waals surface area contributed by atoms with Crippen LogP contribution in [0.5, 0.6) is 11.6 Å². The highest BCUT2D eigenvalue weighted by atomic mass is 16.5. The van der Waals surface area contributed by atoms with E-state index in [4.69, 9.17) is 9.84 Å². The molecule has 3 N–H and O–H groups in total. The van der Waals surface area contributed by atoms with Gasteiger partial charge >= 0.3 is 6.09 Å². The van der Waals surface area contributed by atoms with Gasteiger partial charge in [0.25, 0.3) is 0 Å². The highest BCUT2D eigenvalue weighted by Crippen LogP contribution is 2.23. The Morgan fingerprint density at radius 3 is 2.34 bits per heavy atom. The second-order valence-corrected chi connectivity index (χ2v) is 6.64. The van der Waals surface area contributed by atoms with Gasteiger partial charge in [-0.3, -0.25) is 4.79 Å². The number of carbonyl (C=O) groups is 2. The summed E-state index contributed by atoms with van der Waals surface area (Å²) in [6, 6.07) is 17.3. The van der Waals surface area contributed by atoms with Gasteiger partial charge in [0.1, 0.15) is 5.75 Å². The van der Waals surface area contributed by atoms with Crippen LogP contribution >= 0.6 is 0 Å². The van der Waals surface area contributed by atoms with Crippen molar-refractivity contribution in [3.05, 3.63) is 65.7 Å². The molecule has 2 aromatic carbocycles. The summed E-state index contributed by atoms with van der Waals surface area (Å²) in [7, 11) is 0. The normalized spacial score (nSPS) is 10.5. The number of benzene rings is 2. The second kappa shape index (κ2) is 9.54. The highest BCUT2D eigenvalue weighted by Gasteiger charge is 2.04. The number of nitrogens with zero attached hydrogens (tertiary/aromatic N) is 1. The molecule has 1 heterocycles. The molecular weight excluding hydrogens is 370 g/mol. The molecule has 0 aliphatic heterocycles. The first-order valence-electron chi connectivity index (χ1n) is 9.37. The zero-order chi connectivity index (χ0) is 20.6. The number of pyridine rings is 1. The first-order chi connectivity index (χ1) is 14.0. The molecule has 0 bridgehead atoms. The van der Waals surface area contributed by atoms with E-state index in [0.717, 1.165) is 28.5 Å². The number of carboxylic acid groups (broad SMARTS) is 1. The lowest BCUT2D eigenvalue weighted by Gasteiger charge is -2.08. The number of hydrogen-bond acceptors (Lipinski definition) is 4. The first kappa shape index (κ1) is 20.1. The predicted octanol–water partition coefficient (Wildman–Crippen LogP) is 3.52. The summed E-state index contributed by atoms with van der Waals surface area (Å²) < 4.78 is 5.84. The molecule has 0 radical (unpaired) electrons. The van der Waals surface area contributed by atoms with Crippen LogP contribution in [-0.2, 0) is 17.6 Å². The molecule has 150 valence electrons. The lowest BCUT2D eigenvalue weighted by molar-refractivity contribution is -0.118. The van der Waals surface area contributed by atoms with Gasteiger partial charge in [0, 0.05) is 31.5 Å². The summed E-state index contributed by atoms with van der Waals surface area (Å²) in [5.74, 6) is 1.14. The highest BCUT2D eigenvalue weighted by molar-refractivity contribution is 5.80. The minimum atomic E-state index is -1.02. The van der Waals surface area contributed by atoms with Gasteiger partial charge < -0.3 is 20.5 Å². The van der Waals surface area contributed by atoms with Crippen molar-refractivity contribution in [3.63, 3.8) is 0 Å². The number of nitrogens with one attached hydrogen (secondary N) is 2. The van der Waals surface area contributed by atoms with E-state index in [1.165, 1.54) is 6.92 Å². The van der Waals surface area contributed by atoms with Crippen molar-refractivity contribution in [1.82, 2.24) is 15.6 Å². The van der Waals surface area contributed by atoms with Crippen molar-refractivity contribution in [2.24, 2.45) is 0 Å². The molecule has 0 aliphatic carbocycles. The minimum absolute atomic E-state index is 0.0285. The molecule has 7 nitrogen and oxygen atoms in total. The van der Waals surface area contributed by atoms with Crippen molar-refractivity contribution < 1.29 is 19.4 Å². The summed E-state index contributed by atoms with van der Waals surface area (Å²) >= 11 is 0. The fourth-order valence-corrected chi connectivity index (χ4v) is 2.91. The number of rotatable bonds is 8.